The first kappa shape index (κ1) is 14.8. The van der Waals surface area contributed by atoms with E-state index in [1.54, 1.807) is 7.05 Å². The molecule has 1 aliphatic rings. The molecule has 104 valence electrons. The highest BCUT2D eigenvalue weighted by molar-refractivity contribution is 5.82. The van der Waals surface area contributed by atoms with E-state index in [2.05, 4.69) is 5.32 Å². The summed E-state index contributed by atoms with van der Waals surface area (Å²) in [5.74, 6) is -0.778. The highest BCUT2D eigenvalue weighted by Crippen LogP contribution is 2.11. The highest BCUT2D eigenvalue weighted by atomic mass is 16.5. The molecule has 1 saturated heterocycles. The number of carbonyl (C=O) groups is 2. The molecule has 2 atom stereocenters. The van der Waals surface area contributed by atoms with Crippen molar-refractivity contribution in [2.45, 2.75) is 38.8 Å². The molecule has 6 nitrogen and oxygen atoms in total. The zero-order valence-electron chi connectivity index (χ0n) is 11.2. The van der Waals surface area contributed by atoms with Gasteiger partial charge in [-0.3, -0.25) is 0 Å². The number of ether oxygens (including phenoxy) is 1. The summed E-state index contributed by atoms with van der Waals surface area (Å²) in [6, 6.07) is -1.14. The minimum absolute atomic E-state index is 0.0403. The molecule has 0 aromatic rings. The summed E-state index contributed by atoms with van der Waals surface area (Å²) in [6.07, 6.45) is 1.22. The predicted molar refractivity (Wildman–Crippen MR) is 66.4 cm³/mol. The Kier molecular flexibility index (Phi) is 5.40. The highest BCUT2D eigenvalue weighted by Gasteiger charge is 2.27. The molecule has 0 radical (unpaired) electrons. The third kappa shape index (κ3) is 4.18. The molecule has 1 unspecified atom stereocenters. The Hall–Kier alpha value is -1.30. The Balaban J connectivity index is 2.51. The largest absolute Gasteiger partial charge is 0.480 e. The van der Waals surface area contributed by atoms with Gasteiger partial charge in [-0.25, -0.2) is 9.59 Å². The average molecular weight is 258 g/mol. The van der Waals surface area contributed by atoms with E-state index in [9.17, 15) is 9.59 Å². The van der Waals surface area contributed by atoms with E-state index >= 15 is 0 Å². The maximum atomic E-state index is 11.9. The molecule has 0 aromatic heterocycles. The summed E-state index contributed by atoms with van der Waals surface area (Å²) >= 11 is 0. The van der Waals surface area contributed by atoms with Gasteiger partial charge in [-0.15, -0.1) is 0 Å². The molecule has 0 aromatic carbocycles. The van der Waals surface area contributed by atoms with Crippen LogP contribution in [-0.4, -0.2) is 54.4 Å². The number of hydrogen-bond donors (Lipinski definition) is 2. The minimum Gasteiger partial charge on any atom is -0.480 e. The van der Waals surface area contributed by atoms with E-state index in [1.807, 2.05) is 13.8 Å². The second kappa shape index (κ2) is 6.58. The molecule has 2 N–H and O–H groups in total. The number of nitrogens with one attached hydrogen (secondary N) is 1. The fourth-order valence-corrected chi connectivity index (χ4v) is 1.94. The minimum atomic E-state index is -0.992. The lowest BCUT2D eigenvalue weighted by atomic mass is 10.0. The normalized spacial score (nSPS) is 20.8. The van der Waals surface area contributed by atoms with Crippen LogP contribution in [0.3, 0.4) is 0 Å². The Morgan fingerprint density at radius 3 is 2.61 bits per heavy atom. The first-order valence-corrected chi connectivity index (χ1v) is 6.25. The molecular formula is C12H22N2O4. The molecule has 0 aliphatic carbocycles. The van der Waals surface area contributed by atoms with Crippen LogP contribution in [0.1, 0.15) is 26.7 Å². The van der Waals surface area contributed by atoms with Gasteiger partial charge in [0.25, 0.3) is 0 Å². The SMILES string of the molecule is CC(C)C[C@H](NC(=O)N(C)C1CCOC1)C(=O)O. The van der Waals surface area contributed by atoms with Crippen LogP contribution in [0.2, 0.25) is 0 Å². The maximum Gasteiger partial charge on any atom is 0.326 e. The van der Waals surface area contributed by atoms with Crippen LogP contribution < -0.4 is 5.32 Å². The monoisotopic (exact) mass is 258 g/mol. The van der Waals surface area contributed by atoms with Crippen molar-refractivity contribution in [1.82, 2.24) is 10.2 Å². The quantitative estimate of drug-likeness (QED) is 0.768. The Morgan fingerprint density at radius 2 is 2.17 bits per heavy atom. The van der Waals surface area contributed by atoms with Gasteiger partial charge in [0.15, 0.2) is 0 Å². The van der Waals surface area contributed by atoms with Crippen molar-refractivity contribution in [3.63, 3.8) is 0 Å². The van der Waals surface area contributed by atoms with E-state index in [4.69, 9.17) is 9.84 Å². The number of aliphatic carboxylic acids is 1. The van der Waals surface area contributed by atoms with Gasteiger partial charge in [0.2, 0.25) is 0 Å². The van der Waals surface area contributed by atoms with Crippen molar-refractivity contribution in [2.75, 3.05) is 20.3 Å². The number of amides is 2. The predicted octanol–water partition coefficient (Wildman–Crippen LogP) is 0.916. The number of rotatable bonds is 5. The van der Waals surface area contributed by atoms with E-state index in [1.165, 1.54) is 4.90 Å². The number of urea groups is 1. The van der Waals surface area contributed by atoms with E-state index in [0.29, 0.717) is 19.6 Å². The first-order chi connectivity index (χ1) is 8.41. The molecule has 0 saturated carbocycles. The number of hydrogen-bond acceptors (Lipinski definition) is 3. The molecule has 1 rings (SSSR count). The van der Waals surface area contributed by atoms with Crippen molar-refractivity contribution in [2.24, 2.45) is 5.92 Å². The third-order valence-electron chi connectivity index (χ3n) is 3.08. The lowest BCUT2D eigenvalue weighted by Gasteiger charge is -2.26. The lowest BCUT2D eigenvalue weighted by Crippen LogP contribution is -2.50. The van der Waals surface area contributed by atoms with Gasteiger partial charge < -0.3 is 20.1 Å². The van der Waals surface area contributed by atoms with Crippen LogP contribution >= 0.6 is 0 Å². The van der Waals surface area contributed by atoms with Crippen molar-refractivity contribution in [3.05, 3.63) is 0 Å². The Bertz CT molecular complexity index is 300. The van der Waals surface area contributed by atoms with Crippen LogP contribution in [0.15, 0.2) is 0 Å². The summed E-state index contributed by atoms with van der Waals surface area (Å²) in [5, 5.41) is 11.6. The number of nitrogens with zero attached hydrogens (tertiary/aromatic N) is 1. The molecular weight excluding hydrogens is 236 g/mol. The van der Waals surface area contributed by atoms with Crippen LogP contribution in [0.5, 0.6) is 0 Å². The van der Waals surface area contributed by atoms with Crippen molar-refractivity contribution in [1.29, 1.82) is 0 Å². The summed E-state index contributed by atoms with van der Waals surface area (Å²) < 4.78 is 5.21. The second-order valence-corrected chi connectivity index (χ2v) is 5.10. The van der Waals surface area contributed by atoms with Crippen LogP contribution in [0.4, 0.5) is 4.79 Å². The van der Waals surface area contributed by atoms with E-state index in [0.717, 1.165) is 6.42 Å². The summed E-state index contributed by atoms with van der Waals surface area (Å²) in [6.45, 7) is 5.02. The molecule has 1 aliphatic heterocycles. The fourth-order valence-electron chi connectivity index (χ4n) is 1.94. The average Bonchev–Trinajstić information content (AvgIpc) is 2.79. The number of carboxylic acid groups (broad SMARTS) is 1. The van der Waals surface area contributed by atoms with Crippen LogP contribution in [0.25, 0.3) is 0 Å². The van der Waals surface area contributed by atoms with E-state index in [-0.39, 0.29) is 18.0 Å². The number of likely N-dealkylation sites (N-methyl/N-ethyl adjacent to an activating group) is 1. The second-order valence-electron chi connectivity index (χ2n) is 5.10. The van der Waals surface area contributed by atoms with Crippen molar-refractivity contribution in [3.8, 4) is 0 Å². The summed E-state index contributed by atoms with van der Waals surface area (Å²) in [4.78, 5) is 24.5. The maximum absolute atomic E-state index is 11.9. The Labute approximate surface area is 107 Å². The van der Waals surface area contributed by atoms with Gasteiger partial charge in [-0.1, -0.05) is 13.8 Å². The van der Waals surface area contributed by atoms with Gasteiger partial charge in [0.05, 0.1) is 12.6 Å². The molecule has 1 heterocycles. The summed E-state index contributed by atoms with van der Waals surface area (Å²) in [5.41, 5.74) is 0. The van der Waals surface area contributed by atoms with Crippen LogP contribution in [-0.2, 0) is 9.53 Å². The fraction of sp³-hybridized carbons (Fsp3) is 0.833. The molecule has 0 bridgehead atoms. The van der Waals surface area contributed by atoms with Gasteiger partial charge in [0, 0.05) is 13.7 Å². The smallest absolute Gasteiger partial charge is 0.326 e. The molecule has 2 amide bonds. The van der Waals surface area contributed by atoms with Gasteiger partial charge in [-0.05, 0) is 18.8 Å². The topological polar surface area (TPSA) is 78.9 Å². The van der Waals surface area contributed by atoms with Gasteiger partial charge >= 0.3 is 12.0 Å². The van der Waals surface area contributed by atoms with Gasteiger partial charge in [-0.2, -0.15) is 0 Å². The molecule has 0 spiro atoms. The number of carboxylic acids is 1. The molecule has 6 heteroatoms. The third-order valence-corrected chi connectivity index (χ3v) is 3.08. The zero-order chi connectivity index (χ0) is 13.7. The van der Waals surface area contributed by atoms with Crippen molar-refractivity contribution >= 4 is 12.0 Å². The van der Waals surface area contributed by atoms with Crippen LogP contribution in [0, 0.1) is 5.92 Å². The standard InChI is InChI=1S/C12H22N2O4/c1-8(2)6-10(11(15)16)13-12(17)14(3)9-4-5-18-7-9/h8-10H,4-7H2,1-3H3,(H,13,17)(H,15,16)/t9?,10-/m0/s1. The zero-order valence-corrected chi connectivity index (χ0v) is 11.2. The molecule has 18 heavy (non-hydrogen) atoms. The summed E-state index contributed by atoms with van der Waals surface area (Å²) in [7, 11) is 1.67. The lowest BCUT2D eigenvalue weighted by molar-refractivity contribution is -0.139. The first-order valence-electron chi connectivity index (χ1n) is 6.25. The van der Waals surface area contributed by atoms with Crippen molar-refractivity contribution < 1.29 is 19.4 Å². The van der Waals surface area contributed by atoms with E-state index < -0.39 is 12.0 Å². The Morgan fingerprint density at radius 1 is 1.50 bits per heavy atom. The number of carbonyl (C=O) groups excluding carboxylic acids is 1. The molecule has 1 fully saturated rings. The van der Waals surface area contributed by atoms with Gasteiger partial charge in [0.1, 0.15) is 6.04 Å².